The van der Waals surface area contributed by atoms with E-state index in [0.29, 0.717) is 12.3 Å². The molecule has 2 rings (SSSR count). The topological polar surface area (TPSA) is 38.3 Å². The van der Waals surface area contributed by atoms with E-state index in [4.69, 9.17) is 4.74 Å². The summed E-state index contributed by atoms with van der Waals surface area (Å²) in [5.74, 6) is 1.17. The van der Waals surface area contributed by atoms with E-state index in [1.54, 1.807) is 7.11 Å². The number of amides is 1. The largest absolute Gasteiger partial charge is 0.497 e. The lowest BCUT2D eigenvalue weighted by molar-refractivity contribution is -0.121. The number of methoxy groups -OCH3 is 1. The Bertz CT molecular complexity index is 645. The van der Waals surface area contributed by atoms with Gasteiger partial charge in [-0.2, -0.15) is 0 Å². The Balaban J connectivity index is 2.04. The van der Waals surface area contributed by atoms with E-state index in [2.05, 4.69) is 50.4 Å². The van der Waals surface area contributed by atoms with E-state index in [-0.39, 0.29) is 11.9 Å². The van der Waals surface area contributed by atoms with Crippen molar-refractivity contribution < 1.29 is 9.53 Å². The molecular weight excluding hydrogens is 298 g/mol. The van der Waals surface area contributed by atoms with Gasteiger partial charge in [-0.15, -0.1) is 0 Å². The highest BCUT2D eigenvalue weighted by atomic mass is 16.5. The molecule has 3 nitrogen and oxygen atoms in total. The first kappa shape index (κ1) is 18.1. The number of benzene rings is 2. The maximum atomic E-state index is 12.4. The number of carbonyl (C=O) groups excluding carboxylic acids is 1. The van der Waals surface area contributed by atoms with E-state index in [1.807, 2.05) is 24.3 Å². The van der Waals surface area contributed by atoms with Crippen molar-refractivity contribution in [2.75, 3.05) is 7.11 Å². The molecule has 3 heteroatoms. The van der Waals surface area contributed by atoms with Gasteiger partial charge < -0.3 is 10.1 Å². The summed E-state index contributed by atoms with van der Waals surface area (Å²) in [5.41, 5.74) is 3.45. The van der Waals surface area contributed by atoms with Crippen LogP contribution in [0.1, 0.15) is 43.5 Å². The second kappa shape index (κ2) is 8.53. The summed E-state index contributed by atoms with van der Waals surface area (Å²) in [7, 11) is 1.64. The first-order valence-electron chi connectivity index (χ1n) is 8.54. The molecule has 1 atom stereocenters. The highest BCUT2D eigenvalue weighted by Gasteiger charge is 2.18. The highest BCUT2D eigenvalue weighted by Crippen LogP contribution is 2.22. The van der Waals surface area contributed by atoms with E-state index < -0.39 is 0 Å². The van der Waals surface area contributed by atoms with Crippen LogP contribution in [0.4, 0.5) is 0 Å². The van der Waals surface area contributed by atoms with E-state index in [1.165, 1.54) is 5.56 Å². The lowest BCUT2D eigenvalue weighted by Gasteiger charge is -2.23. The molecule has 2 aromatic carbocycles. The fourth-order valence-corrected chi connectivity index (χ4v) is 2.75. The molecule has 128 valence electrons. The third kappa shape index (κ3) is 4.85. The number of hydrogen-bond donors (Lipinski definition) is 1. The van der Waals surface area contributed by atoms with E-state index in [9.17, 15) is 4.79 Å². The van der Waals surface area contributed by atoms with Gasteiger partial charge in [-0.3, -0.25) is 4.79 Å². The van der Waals surface area contributed by atoms with Gasteiger partial charge in [0, 0.05) is 0 Å². The Labute approximate surface area is 145 Å². The molecule has 0 saturated carbocycles. The zero-order chi connectivity index (χ0) is 17.5. The van der Waals surface area contributed by atoms with Crippen LogP contribution in [0, 0.1) is 5.92 Å². The van der Waals surface area contributed by atoms with Gasteiger partial charge >= 0.3 is 0 Å². The van der Waals surface area contributed by atoms with Crippen molar-refractivity contribution >= 4 is 5.91 Å². The molecule has 0 aliphatic heterocycles. The van der Waals surface area contributed by atoms with Crippen LogP contribution in [0.2, 0.25) is 0 Å². The Morgan fingerprint density at radius 2 is 1.58 bits per heavy atom. The summed E-state index contributed by atoms with van der Waals surface area (Å²) < 4.78 is 5.15. The minimum absolute atomic E-state index is 0.0293. The average Bonchev–Trinajstić information content (AvgIpc) is 2.60. The quantitative estimate of drug-likeness (QED) is 0.823. The molecule has 0 spiro atoms. The fraction of sp³-hybridized carbons (Fsp3) is 0.381. The van der Waals surface area contributed by atoms with Crippen LogP contribution in [0.25, 0.3) is 0 Å². The normalized spacial score (nSPS) is 12.0. The molecule has 2 aromatic rings. The van der Waals surface area contributed by atoms with Gasteiger partial charge in [0.05, 0.1) is 19.6 Å². The van der Waals surface area contributed by atoms with Crippen LogP contribution >= 0.6 is 0 Å². The molecule has 0 bridgehead atoms. The predicted octanol–water partition coefficient (Wildman–Crippen LogP) is 4.31. The summed E-state index contributed by atoms with van der Waals surface area (Å²) in [5, 5.41) is 3.18. The number of aryl methyl sites for hydroxylation is 1. The van der Waals surface area contributed by atoms with Gasteiger partial charge in [0.25, 0.3) is 0 Å². The monoisotopic (exact) mass is 325 g/mol. The molecule has 24 heavy (non-hydrogen) atoms. The zero-order valence-electron chi connectivity index (χ0n) is 15.0. The maximum Gasteiger partial charge on any atom is 0.224 e. The van der Waals surface area contributed by atoms with Crippen molar-refractivity contribution in [1.82, 2.24) is 5.32 Å². The van der Waals surface area contributed by atoms with Crippen LogP contribution in [-0.4, -0.2) is 13.0 Å². The van der Waals surface area contributed by atoms with Gasteiger partial charge in [0.2, 0.25) is 5.91 Å². The number of rotatable bonds is 7. The maximum absolute atomic E-state index is 12.4. The molecule has 0 saturated heterocycles. The smallest absolute Gasteiger partial charge is 0.224 e. The van der Waals surface area contributed by atoms with Gasteiger partial charge in [-0.1, -0.05) is 57.2 Å². The first-order valence-corrected chi connectivity index (χ1v) is 8.54. The lowest BCUT2D eigenvalue weighted by Crippen LogP contribution is -2.32. The van der Waals surface area contributed by atoms with Crippen molar-refractivity contribution in [3.63, 3.8) is 0 Å². The number of ether oxygens (including phenoxy) is 1. The van der Waals surface area contributed by atoms with Crippen LogP contribution < -0.4 is 10.1 Å². The Kier molecular flexibility index (Phi) is 6.42. The summed E-state index contributed by atoms with van der Waals surface area (Å²) in [4.78, 5) is 12.4. The van der Waals surface area contributed by atoms with Gasteiger partial charge in [0.1, 0.15) is 5.75 Å². The Morgan fingerprint density at radius 1 is 1.00 bits per heavy atom. The average molecular weight is 325 g/mol. The highest BCUT2D eigenvalue weighted by molar-refractivity contribution is 5.79. The SMILES string of the molecule is CCc1ccc([C@H](NC(=O)Cc2ccc(OC)cc2)C(C)C)cc1. The second-order valence-electron chi connectivity index (χ2n) is 6.41. The lowest BCUT2D eigenvalue weighted by atomic mass is 9.94. The third-order valence-corrected chi connectivity index (χ3v) is 4.25. The summed E-state index contributed by atoms with van der Waals surface area (Å²) in [6.07, 6.45) is 1.40. The van der Waals surface area contributed by atoms with Crippen molar-refractivity contribution in [1.29, 1.82) is 0 Å². The zero-order valence-corrected chi connectivity index (χ0v) is 15.0. The van der Waals surface area contributed by atoms with Crippen LogP contribution in [-0.2, 0) is 17.6 Å². The Hall–Kier alpha value is -2.29. The summed E-state index contributed by atoms with van der Waals surface area (Å²) >= 11 is 0. The van der Waals surface area contributed by atoms with Gasteiger partial charge in [-0.25, -0.2) is 0 Å². The summed E-state index contributed by atoms with van der Waals surface area (Å²) in [6, 6.07) is 16.2. The number of nitrogens with one attached hydrogen (secondary N) is 1. The van der Waals surface area contributed by atoms with Crippen molar-refractivity contribution in [2.45, 2.75) is 39.7 Å². The number of hydrogen-bond acceptors (Lipinski definition) is 2. The molecular formula is C21H27NO2. The molecule has 0 aliphatic rings. The van der Waals surface area contributed by atoms with Crippen molar-refractivity contribution in [3.8, 4) is 5.75 Å². The predicted molar refractivity (Wildman–Crippen MR) is 98.2 cm³/mol. The minimum Gasteiger partial charge on any atom is -0.497 e. The van der Waals surface area contributed by atoms with Crippen LogP contribution in [0.5, 0.6) is 5.75 Å². The fourth-order valence-electron chi connectivity index (χ4n) is 2.75. The Morgan fingerprint density at radius 3 is 2.08 bits per heavy atom. The molecule has 1 N–H and O–H groups in total. The molecule has 0 heterocycles. The van der Waals surface area contributed by atoms with Crippen molar-refractivity contribution in [3.05, 3.63) is 65.2 Å². The second-order valence-corrected chi connectivity index (χ2v) is 6.41. The first-order chi connectivity index (χ1) is 11.5. The molecule has 0 unspecified atom stereocenters. The van der Waals surface area contributed by atoms with Crippen LogP contribution in [0.3, 0.4) is 0 Å². The molecule has 1 amide bonds. The third-order valence-electron chi connectivity index (χ3n) is 4.25. The molecule has 0 radical (unpaired) electrons. The summed E-state index contributed by atoms with van der Waals surface area (Å²) in [6.45, 7) is 6.41. The number of carbonyl (C=O) groups is 1. The molecule has 0 fully saturated rings. The van der Waals surface area contributed by atoms with E-state index >= 15 is 0 Å². The molecule has 0 aromatic heterocycles. The van der Waals surface area contributed by atoms with E-state index in [0.717, 1.165) is 23.3 Å². The van der Waals surface area contributed by atoms with Crippen molar-refractivity contribution in [2.24, 2.45) is 5.92 Å². The van der Waals surface area contributed by atoms with Gasteiger partial charge in [0.15, 0.2) is 0 Å². The van der Waals surface area contributed by atoms with Crippen LogP contribution in [0.15, 0.2) is 48.5 Å². The van der Waals surface area contributed by atoms with Gasteiger partial charge in [-0.05, 0) is 41.2 Å². The molecule has 0 aliphatic carbocycles. The standard InChI is InChI=1S/C21H27NO2/c1-5-16-6-10-18(11-7-16)21(15(2)3)22-20(23)14-17-8-12-19(24-4)13-9-17/h6-13,15,21H,5,14H2,1-4H3,(H,22,23)/t21-/m1/s1. The minimum atomic E-state index is 0.0293.